The van der Waals surface area contributed by atoms with E-state index in [2.05, 4.69) is 47.9 Å². The van der Waals surface area contributed by atoms with Gasteiger partial charge in [0.25, 0.3) is 0 Å². The molecule has 0 heterocycles. The number of hydroxylamine groups is 1. The van der Waals surface area contributed by atoms with E-state index >= 15 is 0 Å². The normalized spacial score (nSPS) is 14.2. The minimum absolute atomic E-state index is 0.244. The molecule has 0 aromatic heterocycles. The Balaban J connectivity index is 1.78. The second-order valence-corrected chi connectivity index (χ2v) is 12.8. The van der Waals surface area contributed by atoms with Crippen LogP contribution in [0.15, 0.2) is 78.9 Å². The molecule has 44 heavy (non-hydrogen) atoms. The third kappa shape index (κ3) is 9.52. The highest BCUT2D eigenvalue weighted by Gasteiger charge is 2.38. The average Bonchev–Trinajstić information content (AvgIpc) is 3.00. The van der Waals surface area contributed by atoms with Gasteiger partial charge in [-0.05, 0) is 72.8 Å². The Kier molecular flexibility index (Phi) is 12.7. The molecule has 0 fully saturated rings. The van der Waals surface area contributed by atoms with Crippen molar-refractivity contribution in [3.8, 4) is 11.1 Å². The zero-order valence-corrected chi connectivity index (χ0v) is 27.0. The summed E-state index contributed by atoms with van der Waals surface area (Å²) in [4.78, 5) is 40.3. The van der Waals surface area contributed by atoms with Gasteiger partial charge >= 0.3 is 0 Å². The van der Waals surface area contributed by atoms with Gasteiger partial charge < -0.3 is 10.6 Å². The van der Waals surface area contributed by atoms with Gasteiger partial charge in [0.05, 0.1) is 12.0 Å². The van der Waals surface area contributed by atoms with Crippen molar-refractivity contribution in [2.24, 2.45) is 17.3 Å². The molecular weight excluding hydrogens is 550 g/mol. The van der Waals surface area contributed by atoms with E-state index in [1.807, 2.05) is 83.1 Å². The van der Waals surface area contributed by atoms with Crippen LogP contribution >= 0.6 is 0 Å². The van der Waals surface area contributed by atoms with Gasteiger partial charge in [0, 0.05) is 5.92 Å². The third-order valence-electron chi connectivity index (χ3n) is 8.30. The van der Waals surface area contributed by atoms with Crippen molar-refractivity contribution in [2.45, 2.75) is 85.7 Å². The van der Waals surface area contributed by atoms with Crippen molar-refractivity contribution in [1.29, 1.82) is 0 Å². The number of rotatable bonds is 14. The van der Waals surface area contributed by atoms with Crippen molar-refractivity contribution >= 4 is 17.7 Å². The molecule has 4 atom stereocenters. The van der Waals surface area contributed by atoms with E-state index in [-0.39, 0.29) is 17.9 Å². The summed E-state index contributed by atoms with van der Waals surface area (Å²) in [5.41, 5.74) is 6.84. The second kappa shape index (κ2) is 16.2. The molecular formula is C37H49N3O4. The van der Waals surface area contributed by atoms with Crippen molar-refractivity contribution in [3.63, 3.8) is 0 Å². The summed E-state index contributed by atoms with van der Waals surface area (Å²) in [6.07, 6.45) is 2.94. The van der Waals surface area contributed by atoms with E-state index in [0.29, 0.717) is 25.7 Å². The smallest absolute Gasteiger partial charge is 0.247 e. The Morgan fingerprint density at radius 1 is 0.795 bits per heavy atom. The summed E-state index contributed by atoms with van der Waals surface area (Å²) in [6, 6.07) is 25.3. The number of amides is 3. The Bertz CT molecular complexity index is 1370. The summed E-state index contributed by atoms with van der Waals surface area (Å²) in [6.45, 7) is 11.7. The second-order valence-electron chi connectivity index (χ2n) is 12.8. The first-order valence-corrected chi connectivity index (χ1v) is 15.7. The molecule has 0 spiro atoms. The Morgan fingerprint density at radius 2 is 1.41 bits per heavy atom. The highest BCUT2D eigenvalue weighted by atomic mass is 16.5. The predicted octanol–water partition coefficient (Wildman–Crippen LogP) is 6.93. The number of hydrogen-bond acceptors (Lipinski definition) is 4. The predicted molar refractivity (Wildman–Crippen MR) is 176 cm³/mol. The van der Waals surface area contributed by atoms with Crippen molar-refractivity contribution < 1.29 is 19.6 Å². The van der Waals surface area contributed by atoms with Crippen LogP contribution in [0.3, 0.4) is 0 Å². The summed E-state index contributed by atoms with van der Waals surface area (Å²) >= 11 is 0. The van der Waals surface area contributed by atoms with Crippen LogP contribution in [-0.2, 0) is 20.8 Å². The fourth-order valence-electron chi connectivity index (χ4n) is 5.82. The molecule has 0 bridgehead atoms. The van der Waals surface area contributed by atoms with Crippen LogP contribution in [0.2, 0.25) is 0 Å². The quantitative estimate of drug-likeness (QED) is 0.119. The summed E-state index contributed by atoms with van der Waals surface area (Å²) in [7, 11) is 0. The molecule has 0 saturated heterocycles. The monoisotopic (exact) mass is 599 g/mol. The van der Waals surface area contributed by atoms with E-state index in [4.69, 9.17) is 0 Å². The van der Waals surface area contributed by atoms with E-state index in [9.17, 15) is 19.6 Å². The number of benzene rings is 3. The van der Waals surface area contributed by atoms with Gasteiger partial charge in [-0.1, -0.05) is 113 Å². The molecule has 7 heteroatoms. The number of carbonyl (C=O) groups is 3. The fourth-order valence-corrected chi connectivity index (χ4v) is 5.82. The molecule has 4 N–H and O–H groups in total. The van der Waals surface area contributed by atoms with Crippen LogP contribution in [0.4, 0.5) is 0 Å². The number of aryl methyl sites for hydroxylation is 2. The lowest BCUT2D eigenvalue weighted by Crippen LogP contribution is -2.56. The largest absolute Gasteiger partial charge is 0.348 e. The zero-order chi connectivity index (χ0) is 32.3. The minimum atomic E-state index is -0.823. The minimum Gasteiger partial charge on any atom is -0.348 e. The van der Waals surface area contributed by atoms with Crippen LogP contribution in [0, 0.1) is 24.2 Å². The summed E-state index contributed by atoms with van der Waals surface area (Å²) in [5, 5.41) is 15.6. The highest BCUT2D eigenvalue weighted by Crippen LogP contribution is 2.29. The third-order valence-corrected chi connectivity index (χ3v) is 8.30. The van der Waals surface area contributed by atoms with Crippen LogP contribution in [0.1, 0.15) is 83.0 Å². The molecule has 0 aliphatic carbocycles. The van der Waals surface area contributed by atoms with Crippen LogP contribution in [0.25, 0.3) is 11.1 Å². The Morgan fingerprint density at radius 3 is 1.98 bits per heavy atom. The SMILES string of the molecule is CCCC(C(=O)NO)C(CCCc1ccc(-c2ccccc2)c(C)c1)C(=O)NC(C(=O)NC(C)c1ccccc1)C(C)(C)C. The Hall–Kier alpha value is -3.97. The zero-order valence-electron chi connectivity index (χ0n) is 27.0. The molecule has 0 radical (unpaired) electrons. The lowest BCUT2D eigenvalue weighted by atomic mass is 9.81. The van der Waals surface area contributed by atoms with Crippen molar-refractivity contribution in [2.75, 3.05) is 0 Å². The van der Waals surface area contributed by atoms with Crippen LogP contribution in [0.5, 0.6) is 0 Å². The van der Waals surface area contributed by atoms with Gasteiger partial charge in [0.15, 0.2) is 0 Å². The van der Waals surface area contributed by atoms with Gasteiger partial charge in [-0.3, -0.25) is 19.6 Å². The molecule has 4 unspecified atom stereocenters. The average molecular weight is 600 g/mol. The first-order valence-electron chi connectivity index (χ1n) is 15.7. The summed E-state index contributed by atoms with van der Waals surface area (Å²) in [5.74, 6) is -2.65. The molecule has 236 valence electrons. The Labute approximate surface area is 262 Å². The fraction of sp³-hybridized carbons (Fsp3) is 0.432. The molecule has 0 aliphatic heterocycles. The number of nitrogens with one attached hydrogen (secondary N) is 3. The maximum atomic E-state index is 13.9. The molecule has 0 aliphatic rings. The molecule has 3 rings (SSSR count). The van der Waals surface area contributed by atoms with Gasteiger partial charge in [-0.2, -0.15) is 0 Å². The van der Waals surface area contributed by atoms with E-state index in [1.54, 1.807) is 5.48 Å². The standard InChI is InChI=1S/C37H49N3O4/c1-7-15-31(35(42)40-44)32(21-14-16-27-22-23-30(25(2)24-27)29-19-12-9-13-20-29)34(41)39-33(37(4,5)6)36(43)38-26(3)28-17-10-8-11-18-28/h8-13,17-20,22-24,26,31-33,44H,7,14-16,21H2,1-6H3,(H,38,43)(H,39,41)(H,40,42). The molecule has 7 nitrogen and oxygen atoms in total. The maximum absolute atomic E-state index is 13.9. The van der Waals surface area contributed by atoms with Crippen LogP contribution in [-0.4, -0.2) is 29.0 Å². The lowest BCUT2D eigenvalue weighted by molar-refractivity contribution is -0.142. The molecule has 3 aromatic rings. The topological polar surface area (TPSA) is 108 Å². The van der Waals surface area contributed by atoms with E-state index in [0.717, 1.165) is 17.5 Å². The van der Waals surface area contributed by atoms with Gasteiger partial charge in [-0.25, -0.2) is 5.48 Å². The first-order chi connectivity index (χ1) is 21.0. The lowest BCUT2D eigenvalue weighted by Gasteiger charge is -2.34. The van der Waals surface area contributed by atoms with Gasteiger partial charge in [0.2, 0.25) is 17.7 Å². The number of carbonyl (C=O) groups excluding carboxylic acids is 3. The van der Waals surface area contributed by atoms with Crippen LogP contribution < -0.4 is 16.1 Å². The van der Waals surface area contributed by atoms with Gasteiger partial charge in [0.1, 0.15) is 6.04 Å². The van der Waals surface area contributed by atoms with Gasteiger partial charge in [-0.15, -0.1) is 0 Å². The first kappa shape index (κ1) is 34.5. The van der Waals surface area contributed by atoms with Crippen molar-refractivity contribution in [3.05, 3.63) is 95.6 Å². The molecule has 3 amide bonds. The molecule has 3 aromatic carbocycles. The summed E-state index contributed by atoms with van der Waals surface area (Å²) < 4.78 is 0. The highest BCUT2D eigenvalue weighted by molar-refractivity contribution is 5.92. The van der Waals surface area contributed by atoms with E-state index in [1.165, 1.54) is 16.7 Å². The number of hydrogen-bond donors (Lipinski definition) is 4. The molecule has 0 saturated carbocycles. The van der Waals surface area contributed by atoms with Crippen molar-refractivity contribution in [1.82, 2.24) is 16.1 Å². The van der Waals surface area contributed by atoms with E-state index < -0.39 is 29.2 Å². The maximum Gasteiger partial charge on any atom is 0.247 e.